The van der Waals surface area contributed by atoms with Crippen molar-refractivity contribution in [2.24, 2.45) is 7.05 Å². The number of hydrogen-bond donors (Lipinski definition) is 2. The normalized spacial score (nSPS) is 11.8. The van der Waals surface area contributed by atoms with Crippen LogP contribution in [0.1, 0.15) is 26.7 Å². The molecule has 30 heavy (non-hydrogen) atoms. The molecule has 4 aromatic rings. The Balaban J connectivity index is 1.52. The Morgan fingerprint density at radius 3 is 2.80 bits per heavy atom. The second-order valence-corrected chi connectivity index (χ2v) is 7.37. The van der Waals surface area contributed by atoms with Gasteiger partial charge in [0, 0.05) is 18.0 Å². The number of benzene rings is 2. The van der Waals surface area contributed by atoms with Crippen molar-refractivity contribution in [2.45, 2.75) is 26.7 Å². The minimum Gasteiger partial charge on any atom is -0.462 e. The Kier molecular flexibility index (Phi) is 5.72. The number of hydrogen-bond acceptors (Lipinski definition) is 5. The van der Waals surface area contributed by atoms with Crippen molar-refractivity contribution in [1.82, 2.24) is 25.0 Å². The van der Waals surface area contributed by atoms with Gasteiger partial charge in [-0.15, -0.1) is 5.10 Å². The Morgan fingerprint density at radius 1 is 1.23 bits per heavy atom. The highest BCUT2D eigenvalue weighted by molar-refractivity contribution is 6.38. The number of fused-ring (bicyclic) bond motifs is 1. The molecule has 2 heterocycles. The first kappa shape index (κ1) is 20.0. The van der Waals surface area contributed by atoms with Crippen LogP contribution in [0.2, 0.25) is 5.02 Å². The number of aromatic amines is 1. The largest absolute Gasteiger partial charge is 0.462 e. The lowest BCUT2D eigenvalue weighted by atomic mass is 10.2. The van der Waals surface area contributed by atoms with Gasteiger partial charge in [-0.3, -0.25) is 5.10 Å². The van der Waals surface area contributed by atoms with Gasteiger partial charge in [0.15, 0.2) is 5.82 Å². The van der Waals surface area contributed by atoms with Gasteiger partial charge in [0.2, 0.25) is 5.95 Å². The van der Waals surface area contributed by atoms with Crippen LogP contribution in [0.15, 0.2) is 54.4 Å². The molecule has 7 nitrogen and oxygen atoms in total. The molecule has 0 spiro atoms. The summed E-state index contributed by atoms with van der Waals surface area (Å²) in [5, 5.41) is 16.1. The molecule has 0 unspecified atom stereocenters. The maximum absolute atomic E-state index is 6.50. The van der Waals surface area contributed by atoms with Crippen LogP contribution in [0, 0.1) is 0 Å². The van der Waals surface area contributed by atoms with Gasteiger partial charge in [-0.05, 0) is 55.8 Å². The summed E-state index contributed by atoms with van der Waals surface area (Å²) in [5.74, 6) is 2.90. The van der Waals surface area contributed by atoms with E-state index < -0.39 is 0 Å². The van der Waals surface area contributed by atoms with Gasteiger partial charge in [0.05, 0.1) is 28.2 Å². The van der Waals surface area contributed by atoms with E-state index in [1.165, 1.54) is 0 Å². The molecule has 2 aromatic heterocycles. The molecular formula is C22H23ClN6O. The van der Waals surface area contributed by atoms with Crippen LogP contribution in [0.25, 0.3) is 22.3 Å². The number of anilines is 2. The lowest BCUT2D eigenvalue weighted by molar-refractivity contribution is 0.425. The van der Waals surface area contributed by atoms with E-state index in [1.807, 2.05) is 50.4 Å². The van der Waals surface area contributed by atoms with Crippen molar-refractivity contribution < 1.29 is 4.74 Å². The van der Waals surface area contributed by atoms with Crippen LogP contribution >= 0.6 is 11.6 Å². The number of rotatable bonds is 7. The standard InChI is InChI=1S/C22H23ClN6O/c1-4-5-6-14(2)30-16-9-7-15(8-10-16)21-26-22(29(3)28-21)25-19-12-11-18-17(20(19)23)13-24-27-18/h6-13H,4-5H2,1-3H3,(H,24,27)(H,25,26,28)/b14-6+. The van der Waals surface area contributed by atoms with Crippen molar-refractivity contribution in [1.29, 1.82) is 0 Å². The van der Waals surface area contributed by atoms with Crippen molar-refractivity contribution >= 4 is 34.1 Å². The van der Waals surface area contributed by atoms with Crippen LogP contribution in [0.5, 0.6) is 5.75 Å². The van der Waals surface area contributed by atoms with E-state index in [2.05, 4.69) is 38.6 Å². The second-order valence-electron chi connectivity index (χ2n) is 7.00. The smallest absolute Gasteiger partial charge is 0.225 e. The van der Waals surface area contributed by atoms with Crippen LogP contribution < -0.4 is 10.1 Å². The zero-order valence-corrected chi connectivity index (χ0v) is 17.9. The SMILES string of the molecule is CCC/C=C(\C)Oc1ccc(-c2nc(Nc3ccc4[nH]ncc4c3Cl)n(C)n2)cc1. The van der Waals surface area contributed by atoms with Crippen LogP contribution in [0.3, 0.4) is 0 Å². The first-order valence-electron chi connectivity index (χ1n) is 9.80. The van der Waals surface area contributed by atoms with Gasteiger partial charge in [0.25, 0.3) is 0 Å². The average molecular weight is 423 g/mol. The molecule has 2 aromatic carbocycles. The highest BCUT2D eigenvalue weighted by Crippen LogP contribution is 2.32. The summed E-state index contributed by atoms with van der Waals surface area (Å²) in [6.07, 6.45) is 5.91. The molecule has 0 aliphatic rings. The fraction of sp³-hybridized carbons (Fsp3) is 0.227. The summed E-state index contributed by atoms with van der Waals surface area (Å²) in [4.78, 5) is 4.62. The van der Waals surface area contributed by atoms with Crippen molar-refractivity contribution in [2.75, 3.05) is 5.32 Å². The summed E-state index contributed by atoms with van der Waals surface area (Å²) in [7, 11) is 1.84. The Labute approximate surface area is 179 Å². The lowest BCUT2D eigenvalue weighted by Gasteiger charge is -2.07. The summed E-state index contributed by atoms with van der Waals surface area (Å²) >= 11 is 6.50. The summed E-state index contributed by atoms with van der Waals surface area (Å²) < 4.78 is 7.53. The fourth-order valence-electron chi connectivity index (χ4n) is 3.06. The predicted octanol–water partition coefficient (Wildman–Crippen LogP) is 5.84. The Morgan fingerprint density at radius 2 is 2.03 bits per heavy atom. The number of halogens is 1. The van der Waals surface area contributed by atoms with Gasteiger partial charge in [-0.25, -0.2) is 4.68 Å². The van der Waals surface area contributed by atoms with E-state index in [4.69, 9.17) is 16.3 Å². The molecule has 0 radical (unpaired) electrons. The number of nitrogens with zero attached hydrogens (tertiary/aromatic N) is 4. The first-order valence-corrected chi connectivity index (χ1v) is 10.2. The molecule has 0 atom stereocenters. The highest BCUT2D eigenvalue weighted by atomic mass is 35.5. The Hall–Kier alpha value is -3.32. The lowest BCUT2D eigenvalue weighted by Crippen LogP contribution is -2.00. The summed E-state index contributed by atoms with van der Waals surface area (Å²) in [5.41, 5.74) is 2.52. The van der Waals surface area contributed by atoms with E-state index >= 15 is 0 Å². The minimum absolute atomic E-state index is 0.582. The Bertz CT molecular complexity index is 1190. The molecule has 4 rings (SSSR count). The van der Waals surface area contributed by atoms with Crippen molar-refractivity contribution in [3.63, 3.8) is 0 Å². The maximum Gasteiger partial charge on any atom is 0.225 e. The number of aromatic nitrogens is 5. The van der Waals surface area contributed by atoms with E-state index in [1.54, 1.807) is 10.9 Å². The molecule has 0 bridgehead atoms. The topological polar surface area (TPSA) is 80.6 Å². The molecule has 0 aliphatic carbocycles. The molecule has 0 saturated heterocycles. The third-order valence-electron chi connectivity index (χ3n) is 4.68. The van der Waals surface area contributed by atoms with Gasteiger partial charge >= 0.3 is 0 Å². The third kappa shape index (κ3) is 4.16. The molecule has 8 heteroatoms. The maximum atomic E-state index is 6.50. The number of nitrogens with one attached hydrogen (secondary N) is 2. The number of allylic oxidation sites excluding steroid dienone is 2. The molecule has 2 N–H and O–H groups in total. The van der Waals surface area contributed by atoms with E-state index in [-0.39, 0.29) is 0 Å². The van der Waals surface area contributed by atoms with Gasteiger partial charge in [-0.1, -0.05) is 24.9 Å². The third-order valence-corrected chi connectivity index (χ3v) is 5.09. The summed E-state index contributed by atoms with van der Waals surface area (Å²) in [6.45, 7) is 4.11. The fourth-order valence-corrected chi connectivity index (χ4v) is 3.32. The van der Waals surface area contributed by atoms with Crippen molar-refractivity contribution in [3.05, 3.63) is 59.5 Å². The van der Waals surface area contributed by atoms with Gasteiger partial charge < -0.3 is 10.1 Å². The van der Waals surface area contributed by atoms with Crippen LogP contribution in [-0.2, 0) is 7.05 Å². The quantitative estimate of drug-likeness (QED) is 0.366. The predicted molar refractivity (Wildman–Crippen MR) is 120 cm³/mol. The second kappa shape index (κ2) is 8.59. The molecule has 0 saturated carbocycles. The monoisotopic (exact) mass is 422 g/mol. The van der Waals surface area contributed by atoms with Crippen LogP contribution in [0.4, 0.5) is 11.6 Å². The molecule has 0 aliphatic heterocycles. The van der Waals surface area contributed by atoms with Crippen molar-refractivity contribution in [3.8, 4) is 17.1 Å². The minimum atomic E-state index is 0.582. The molecule has 0 amide bonds. The van der Waals surface area contributed by atoms with Crippen LogP contribution in [-0.4, -0.2) is 25.0 Å². The van der Waals surface area contributed by atoms with E-state index in [9.17, 15) is 0 Å². The first-order chi connectivity index (χ1) is 14.5. The van der Waals surface area contributed by atoms with E-state index in [0.717, 1.165) is 46.5 Å². The van der Waals surface area contributed by atoms with E-state index in [0.29, 0.717) is 16.8 Å². The molecular weight excluding hydrogens is 400 g/mol. The zero-order chi connectivity index (χ0) is 21.1. The number of H-pyrrole nitrogens is 1. The van der Waals surface area contributed by atoms with Gasteiger partial charge in [0.1, 0.15) is 5.75 Å². The molecule has 0 fully saturated rings. The summed E-state index contributed by atoms with van der Waals surface area (Å²) in [6, 6.07) is 11.6. The molecule has 154 valence electrons. The average Bonchev–Trinajstić information content (AvgIpc) is 3.36. The number of aryl methyl sites for hydroxylation is 1. The number of ether oxygens (including phenoxy) is 1. The van der Waals surface area contributed by atoms with Gasteiger partial charge in [-0.2, -0.15) is 10.1 Å². The zero-order valence-electron chi connectivity index (χ0n) is 17.1. The highest BCUT2D eigenvalue weighted by Gasteiger charge is 2.13. The number of unbranched alkanes of at least 4 members (excludes halogenated alkanes) is 1.